The average Bonchev–Trinajstić information content (AvgIpc) is 3.23. The first kappa shape index (κ1) is 20.0. The van der Waals surface area contributed by atoms with Crippen molar-refractivity contribution in [2.24, 2.45) is 0 Å². The zero-order chi connectivity index (χ0) is 21.3. The number of carbonyl (C=O) groups is 3. The quantitative estimate of drug-likeness (QED) is 0.765. The summed E-state index contributed by atoms with van der Waals surface area (Å²) < 4.78 is 5.54. The Bertz CT molecular complexity index is 1060. The highest BCUT2D eigenvalue weighted by molar-refractivity contribution is 7.99. The van der Waals surface area contributed by atoms with Gasteiger partial charge in [0.05, 0.1) is 23.1 Å². The number of anilines is 1. The minimum atomic E-state index is -1.36. The van der Waals surface area contributed by atoms with Crippen LogP contribution in [0.2, 0.25) is 0 Å². The molecule has 1 fully saturated rings. The van der Waals surface area contributed by atoms with Crippen molar-refractivity contribution in [1.29, 1.82) is 5.26 Å². The fraction of sp³-hybridized carbons (Fsp3) is 0.273. The molecule has 2 amide bonds. The average molecular weight is 421 g/mol. The Kier molecular flexibility index (Phi) is 5.22. The van der Waals surface area contributed by atoms with Crippen LogP contribution in [0.1, 0.15) is 28.4 Å². The minimum absolute atomic E-state index is 0.263. The monoisotopic (exact) mass is 421 g/mol. The molecule has 0 aliphatic carbocycles. The molecule has 8 heteroatoms. The molecule has 4 rings (SSSR count). The SMILES string of the molecule is CC1(C(=O)N2CSCC2C(=O)Nc2ccc(C#N)cc2)Cc2ccccc2C(=O)O1. The van der Waals surface area contributed by atoms with E-state index in [1.54, 1.807) is 43.3 Å². The van der Waals surface area contributed by atoms with Gasteiger partial charge in [0.1, 0.15) is 6.04 Å². The second-order valence-electron chi connectivity index (χ2n) is 7.42. The number of ether oxygens (including phenoxy) is 1. The van der Waals surface area contributed by atoms with Gasteiger partial charge in [-0.1, -0.05) is 18.2 Å². The second kappa shape index (κ2) is 7.84. The summed E-state index contributed by atoms with van der Waals surface area (Å²) in [5.41, 5.74) is 0.910. The Balaban J connectivity index is 1.51. The van der Waals surface area contributed by atoms with Crippen molar-refractivity contribution >= 4 is 35.2 Å². The number of fused-ring (bicyclic) bond motifs is 1. The molecule has 1 saturated heterocycles. The number of nitriles is 1. The van der Waals surface area contributed by atoms with Crippen LogP contribution in [0.15, 0.2) is 48.5 Å². The van der Waals surface area contributed by atoms with E-state index >= 15 is 0 Å². The van der Waals surface area contributed by atoms with Crippen molar-refractivity contribution < 1.29 is 19.1 Å². The van der Waals surface area contributed by atoms with Gasteiger partial charge in [0, 0.05) is 17.9 Å². The minimum Gasteiger partial charge on any atom is -0.445 e. The lowest BCUT2D eigenvalue weighted by atomic mass is 9.88. The number of hydrogen-bond acceptors (Lipinski definition) is 6. The molecule has 2 aliphatic heterocycles. The summed E-state index contributed by atoms with van der Waals surface area (Å²) in [5, 5.41) is 11.7. The van der Waals surface area contributed by atoms with Gasteiger partial charge in [0.2, 0.25) is 5.91 Å². The molecule has 2 unspecified atom stereocenters. The standard InChI is InChI=1S/C22H19N3O4S/c1-22(10-15-4-2-3-5-17(15)20(27)29-22)21(28)25-13-30-12-18(25)19(26)24-16-8-6-14(11-23)7-9-16/h2-9,18H,10,12-13H2,1H3,(H,24,26). The van der Waals surface area contributed by atoms with Crippen molar-refractivity contribution in [1.82, 2.24) is 4.90 Å². The number of carbonyl (C=O) groups excluding carboxylic acids is 3. The number of amides is 2. The van der Waals surface area contributed by atoms with E-state index in [0.717, 1.165) is 5.56 Å². The molecule has 7 nitrogen and oxygen atoms in total. The maximum absolute atomic E-state index is 13.3. The molecule has 0 bridgehead atoms. The van der Waals surface area contributed by atoms with Gasteiger partial charge < -0.3 is 15.0 Å². The summed E-state index contributed by atoms with van der Waals surface area (Å²) in [6, 6.07) is 14.9. The van der Waals surface area contributed by atoms with Crippen LogP contribution in [0.3, 0.4) is 0 Å². The number of hydrogen-bond donors (Lipinski definition) is 1. The molecule has 0 aromatic heterocycles. The van der Waals surface area contributed by atoms with Gasteiger partial charge in [-0.2, -0.15) is 5.26 Å². The molecule has 2 aromatic carbocycles. The van der Waals surface area contributed by atoms with Crippen LogP contribution >= 0.6 is 11.8 Å². The lowest BCUT2D eigenvalue weighted by Gasteiger charge is -2.37. The largest absolute Gasteiger partial charge is 0.445 e. The van der Waals surface area contributed by atoms with E-state index < -0.39 is 17.6 Å². The molecule has 0 spiro atoms. The first-order chi connectivity index (χ1) is 14.4. The molecule has 0 saturated carbocycles. The van der Waals surface area contributed by atoms with Gasteiger partial charge in [0.15, 0.2) is 5.60 Å². The number of rotatable bonds is 3. The van der Waals surface area contributed by atoms with Gasteiger partial charge in [-0.15, -0.1) is 11.8 Å². The van der Waals surface area contributed by atoms with Crippen LogP contribution in [0.4, 0.5) is 5.69 Å². The number of nitrogens with zero attached hydrogens (tertiary/aromatic N) is 2. The second-order valence-corrected chi connectivity index (χ2v) is 8.42. The zero-order valence-electron chi connectivity index (χ0n) is 16.3. The normalized spacial score (nSPS) is 22.6. The molecule has 2 heterocycles. The van der Waals surface area contributed by atoms with Gasteiger partial charge in [-0.25, -0.2) is 4.79 Å². The van der Waals surface area contributed by atoms with Gasteiger partial charge in [-0.3, -0.25) is 9.59 Å². The van der Waals surface area contributed by atoms with E-state index in [1.807, 2.05) is 18.2 Å². The Morgan fingerprint density at radius 2 is 1.97 bits per heavy atom. The molecule has 0 radical (unpaired) electrons. The third-order valence-corrected chi connectivity index (χ3v) is 6.27. The maximum Gasteiger partial charge on any atom is 0.339 e. The number of cyclic esters (lactones) is 1. The Morgan fingerprint density at radius 1 is 1.23 bits per heavy atom. The maximum atomic E-state index is 13.3. The van der Waals surface area contributed by atoms with Crippen molar-refractivity contribution in [3.63, 3.8) is 0 Å². The van der Waals surface area contributed by atoms with E-state index in [2.05, 4.69) is 5.32 Å². The van der Waals surface area contributed by atoms with Gasteiger partial charge in [-0.05, 0) is 42.8 Å². The summed E-state index contributed by atoms with van der Waals surface area (Å²) >= 11 is 1.47. The molecule has 2 aromatic rings. The summed E-state index contributed by atoms with van der Waals surface area (Å²) in [7, 11) is 0. The van der Waals surface area contributed by atoms with Crippen LogP contribution in [-0.4, -0.2) is 46.0 Å². The van der Waals surface area contributed by atoms with E-state index in [1.165, 1.54) is 16.7 Å². The molecule has 1 N–H and O–H groups in total. The van der Waals surface area contributed by atoms with E-state index in [-0.39, 0.29) is 18.2 Å². The fourth-order valence-electron chi connectivity index (χ4n) is 3.67. The summed E-state index contributed by atoms with van der Waals surface area (Å²) in [4.78, 5) is 40.1. The zero-order valence-corrected chi connectivity index (χ0v) is 17.1. The summed E-state index contributed by atoms with van der Waals surface area (Å²) in [6.07, 6.45) is 0.263. The number of benzene rings is 2. The lowest BCUT2D eigenvalue weighted by molar-refractivity contribution is -0.153. The van der Waals surface area contributed by atoms with Crippen LogP contribution in [-0.2, 0) is 20.7 Å². The number of nitrogens with one attached hydrogen (secondary N) is 1. The Morgan fingerprint density at radius 3 is 2.70 bits per heavy atom. The summed E-state index contributed by atoms with van der Waals surface area (Å²) in [6.45, 7) is 1.60. The van der Waals surface area contributed by atoms with Crippen molar-refractivity contribution in [3.8, 4) is 6.07 Å². The van der Waals surface area contributed by atoms with Gasteiger partial charge >= 0.3 is 5.97 Å². The van der Waals surface area contributed by atoms with E-state index in [4.69, 9.17) is 10.00 Å². The first-order valence-corrected chi connectivity index (χ1v) is 10.6. The van der Waals surface area contributed by atoms with Crippen molar-refractivity contribution in [2.45, 2.75) is 25.0 Å². The fourth-order valence-corrected chi connectivity index (χ4v) is 4.82. The molecular formula is C22H19N3O4S. The number of esters is 1. The molecule has 2 aliphatic rings. The predicted molar refractivity (Wildman–Crippen MR) is 112 cm³/mol. The van der Waals surface area contributed by atoms with E-state index in [0.29, 0.717) is 28.4 Å². The molecule has 2 atom stereocenters. The third kappa shape index (κ3) is 3.64. The molecular weight excluding hydrogens is 402 g/mol. The highest BCUT2D eigenvalue weighted by Crippen LogP contribution is 2.33. The smallest absolute Gasteiger partial charge is 0.339 e. The number of thioether (sulfide) groups is 1. The third-order valence-electron chi connectivity index (χ3n) is 5.26. The highest BCUT2D eigenvalue weighted by Gasteiger charge is 2.48. The lowest BCUT2D eigenvalue weighted by Crippen LogP contribution is -2.56. The molecule has 152 valence electrons. The summed E-state index contributed by atoms with van der Waals surface area (Å²) in [5.74, 6) is -0.425. The van der Waals surface area contributed by atoms with E-state index in [9.17, 15) is 14.4 Å². The Hall–Kier alpha value is -3.31. The van der Waals surface area contributed by atoms with Crippen LogP contribution in [0, 0.1) is 11.3 Å². The van der Waals surface area contributed by atoms with Crippen molar-refractivity contribution in [3.05, 3.63) is 65.2 Å². The highest BCUT2D eigenvalue weighted by atomic mass is 32.2. The molecule has 30 heavy (non-hydrogen) atoms. The Labute approximate surface area is 178 Å². The van der Waals surface area contributed by atoms with Crippen LogP contribution in [0.25, 0.3) is 0 Å². The van der Waals surface area contributed by atoms with Crippen LogP contribution in [0.5, 0.6) is 0 Å². The predicted octanol–water partition coefficient (Wildman–Crippen LogP) is 2.57. The van der Waals surface area contributed by atoms with Gasteiger partial charge in [0.25, 0.3) is 5.91 Å². The van der Waals surface area contributed by atoms with Crippen molar-refractivity contribution in [2.75, 3.05) is 16.9 Å². The van der Waals surface area contributed by atoms with Crippen LogP contribution < -0.4 is 5.32 Å². The first-order valence-electron chi connectivity index (χ1n) is 9.42. The topological polar surface area (TPSA) is 99.5 Å².